The molecule has 0 fully saturated rings. The summed E-state index contributed by atoms with van der Waals surface area (Å²) >= 11 is 0. The van der Waals surface area contributed by atoms with Crippen molar-refractivity contribution in [3.8, 4) is 0 Å². The highest BCUT2D eigenvalue weighted by molar-refractivity contribution is 7.92. The second-order valence-corrected chi connectivity index (χ2v) is 9.24. The number of amides is 1. The molecule has 0 bridgehead atoms. The van der Waals surface area contributed by atoms with Crippen LogP contribution >= 0.6 is 0 Å². The molecule has 0 aliphatic carbocycles. The number of carbonyl (C=O) groups is 2. The average Bonchev–Trinajstić information content (AvgIpc) is 2.89. The smallest absolute Gasteiger partial charge is 0.324 e. The molecular weight excluding hydrogens is 482 g/mol. The Labute approximate surface area is 208 Å². The standard InChI is InChI=1S/C25H25N5O5S/c26-28-18-27-22-13-7-12-21(17-22)24(31)29-30(23(25(32)33)16-20-10-5-2-6-11-20)36(34,35)15-14-19-8-3-1-4-9-19/h1-15,17-18,23H,16,26H2,(H,27,28)(H,29,31)(H,32,33). The van der Waals surface area contributed by atoms with Crippen LogP contribution in [0.5, 0.6) is 0 Å². The first kappa shape index (κ1) is 26.1. The number of sulfonamides is 1. The predicted octanol–water partition coefficient (Wildman–Crippen LogP) is 2.64. The topological polar surface area (TPSA) is 154 Å². The Kier molecular flexibility index (Phi) is 8.92. The molecule has 186 valence electrons. The summed E-state index contributed by atoms with van der Waals surface area (Å²) in [5.41, 5.74) is 4.00. The average molecular weight is 508 g/mol. The molecule has 10 nitrogen and oxygen atoms in total. The van der Waals surface area contributed by atoms with Crippen LogP contribution in [0.1, 0.15) is 21.5 Å². The normalized spacial score (nSPS) is 12.6. The third kappa shape index (κ3) is 7.26. The van der Waals surface area contributed by atoms with Gasteiger partial charge in [0.05, 0.1) is 0 Å². The van der Waals surface area contributed by atoms with E-state index in [0.29, 0.717) is 21.2 Å². The summed E-state index contributed by atoms with van der Waals surface area (Å²) in [4.78, 5) is 25.3. The van der Waals surface area contributed by atoms with Crippen LogP contribution in [0, 0.1) is 0 Å². The molecule has 0 saturated carbocycles. The van der Waals surface area contributed by atoms with Gasteiger partial charge >= 0.3 is 5.97 Å². The summed E-state index contributed by atoms with van der Waals surface area (Å²) in [5.74, 6) is 2.83. The van der Waals surface area contributed by atoms with E-state index >= 15 is 0 Å². The van der Waals surface area contributed by atoms with Crippen molar-refractivity contribution in [1.29, 1.82) is 0 Å². The zero-order chi connectivity index (χ0) is 26.0. The summed E-state index contributed by atoms with van der Waals surface area (Å²) in [6, 6.07) is 21.7. The molecule has 0 aromatic heterocycles. The molecule has 0 aliphatic heterocycles. The molecule has 0 saturated heterocycles. The number of nitrogens with one attached hydrogen (secondary N) is 2. The van der Waals surface area contributed by atoms with Gasteiger partial charge in [0.1, 0.15) is 12.4 Å². The number of nitrogens with zero attached hydrogens (tertiary/aromatic N) is 2. The van der Waals surface area contributed by atoms with Crippen molar-refractivity contribution < 1.29 is 23.1 Å². The summed E-state index contributed by atoms with van der Waals surface area (Å²) in [6.07, 6.45) is 2.36. The Morgan fingerprint density at radius 2 is 1.67 bits per heavy atom. The van der Waals surface area contributed by atoms with Crippen molar-refractivity contribution in [2.24, 2.45) is 10.9 Å². The van der Waals surface area contributed by atoms with Crippen LogP contribution in [-0.2, 0) is 21.2 Å². The van der Waals surface area contributed by atoms with E-state index in [1.165, 1.54) is 24.5 Å². The van der Waals surface area contributed by atoms with Crippen LogP contribution in [0.15, 0.2) is 95.4 Å². The van der Waals surface area contributed by atoms with E-state index in [1.54, 1.807) is 72.8 Å². The van der Waals surface area contributed by atoms with Gasteiger partial charge in [0.15, 0.2) is 0 Å². The first-order chi connectivity index (χ1) is 17.3. The lowest BCUT2D eigenvalue weighted by Crippen LogP contribution is -2.55. The van der Waals surface area contributed by atoms with Crippen molar-refractivity contribution in [1.82, 2.24) is 9.84 Å². The monoisotopic (exact) mass is 507 g/mol. The van der Waals surface area contributed by atoms with Crippen molar-refractivity contribution in [3.63, 3.8) is 0 Å². The number of benzene rings is 3. The highest BCUT2D eigenvalue weighted by Gasteiger charge is 2.35. The first-order valence-electron chi connectivity index (χ1n) is 10.7. The molecule has 0 aliphatic rings. The number of anilines is 1. The Morgan fingerprint density at radius 1 is 1.00 bits per heavy atom. The highest BCUT2D eigenvalue weighted by Crippen LogP contribution is 2.17. The number of aliphatic carboxylic acids is 1. The van der Waals surface area contributed by atoms with Gasteiger partial charge in [0.2, 0.25) is 0 Å². The van der Waals surface area contributed by atoms with E-state index in [2.05, 4.69) is 15.8 Å². The number of rotatable bonds is 11. The molecule has 1 amide bonds. The second kappa shape index (κ2) is 12.3. The molecule has 5 N–H and O–H groups in total. The van der Waals surface area contributed by atoms with Crippen LogP contribution < -0.4 is 16.6 Å². The summed E-state index contributed by atoms with van der Waals surface area (Å²) < 4.78 is 27.1. The molecule has 0 spiro atoms. The van der Waals surface area contributed by atoms with Gasteiger partial charge in [0, 0.05) is 23.1 Å². The number of hydrogen-bond acceptors (Lipinski definition) is 6. The number of hydrogen-bond donors (Lipinski definition) is 4. The Bertz CT molecular complexity index is 1350. The molecule has 3 aromatic rings. The van der Waals surface area contributed by atoms with Crippen LogP contribution in [0.25, 0.3) is 6.08 Å². The molecule has 1 atom stereocenters. The molecule has 0 heterocycles. The molecule has 11 heteroatoms. The fourth-order valence-corrected chi connectivity index (χ4v) is 4.44. The predicted molar refractivity (Wildman–Crippen MR) is 138 cm³/mol. The maximum atomic E-state index is 13.3. The van der Waals surface area contributed by atoms with Crippen molar-refractivity contribution in [2.75, 3.05) is 5.32 Å². The molecule has 3 rings (SSSR count). The SMILES string of the molecule is NN=CNc1cccc(C(=O)NN(C(Cc2ccccc2)C(=O)O)S(=O)(=O)C=Cc2ccccc2)c1. The van der Waals surface area contributed by atoms with E-state index in [9.17, 15) is 23.1 Å². The number of nitrogens with two attached hydrogens (primary N) is 1. The molecular formula is C25H25N5O5S. The Hall–Kier alpha value is -4.48. The van der Waals surface area contributed by atoms with Gasteiger partial charge in [-0.1, -0.05) is 71.1 Å². The maximum absolute atomic E-state index is 13.3. The van der Waals surface area contributed by atoms with Gasteiger partial charge < -0.3 is 16.3 Å². The molecule has 36 heavy (non-hydrogen) atoms. The van der Waals surface area contributed by atoms with Gasteiger partial charge in [0.25, 0.3) is 15.9 Å². The van der Waals surface area contributed by atoms with Crippen LogP contribution in [0.4, 0.5) is 5.69 Å². The molecule has 3 aromatic carbocycles. The first-order valence-corrected chi connectivity index (χ1v) is 12.2. The highest BCUT2D eigenvalue weighted by atomic mass is 32.2. The van der Waals surface area contributed by atoms with Crippen molar-refractivity contribution in [2.45, 2.75) is 12.5 Å². The number of hydrazone groups is 1. The van der Waals surface area contributed by atoms with Crippen LogP contribution in [-0.4, -0.2) is 42.2 Å². The Balaban J connectivity index is 1.97. The minimum Gasteiger partial charge on any atom is -0.480 e. The van der Waals surface area contributed by atoms with Crippen LogP contribution in [0.2, 0.25) is 0 Å². The second-order valence-electron chi connectivity index (χ2n) is 7.54. The maximum Gasteiger partial charge on any atom is 0.324 e. The quantitative estimate of drug-likeness (QED) is 0.135. The minimum atomic E-state index is -4.43. The lowest BCUT2D eigenvalue weighted by atomic mass is 10.1. The van der Waals surface area contributed by atoms with E-state index in [4.69, 9.17) is 5.84 Å². The number of carboxylic acids is 1. The summed E-state index contributed by atoms with van der Waals surface area (Å²) in [7, 11) is -4.43. The number of hydrazine groups is 1. The largest absolute Gasteiger partial charge is 0.480 e. The zero-order valence-corrected chi connectivity index (χ0v) is 19.9. The third-order valence-electron chi connectivity index (χ3n) is 4.99. The number of carbonyl (C=O) groups excluding carboxylic acids is 1. The van der Waals surface area contributed by atoms with E-state index in [1.807, 2.05) is 0 Å². The number of carboxylic acid groups (broad SMARTS) is 1. The van der Waals surface area contributed by atoms with Gasteiger partial charge in [-0.05, 0) is 35.4 Å². The zero-order valence-electron chi connectivity index (χ0n) is 19.1. The van der Waals surface area contributed by atoms with Gasteiger partial charge in [-0.3, -0.25) is 15.0 Å². The Morgan fingerprint density at radius 3 is 2.31 bits per heavy atom. The van der Waals surface area contributed by atoms with Crippen molar-refractivity contribution in [3.05, 3.63) is 107 Å². The van der Waals surface area contributed by atoms with Gasteiger partial charge in [-0.25, -0.2) is 8.42 Å². The van der Waals surface area contributed by atoms with Gasteiger partial charge in [-0.15, -0.1) is 0 Å². The summed E-state index contributed by atoms with van der Waals surface area (Å²) in [6.45, 7) is 0. The summed E-state index contributed by atoms with van der Waals surface area (Å²) in [5, 5.41) is 16.9. The minimum absolute atomic E-state index is 0.0847. The van der Waals surface area contributed by atoms with E-state index < -0.39 is 27.9 Å². The lowest BCUT2D eigenvalue weighted by Gasteiger charge is -2.27. The van der Waals surface area contributed by atoms with Crippen LogP contribution in [0.3, 0.4) is 0 Å². The third-order valence-corrected chi connectivity index (χ3v) is 6.36. The molecule has 1 unspecified atom stereocenters. The van der Waals surface area contributed by atoms with Crippen molar-refractivity contribution >= 4 is 40.0 Å². The van der Waals surface area contributed by atoms with E-state index in [0.717, 1.165) is 5.41 Å². The van der Waals surface area contributed by atoms with E-state index in [-0.39, 0.29) is 12.0 Å². The fraction of sp³-hybridized carbons (Fsp3) is 0.0800. The lowest BCUT2D eigenvalue weighted by molar-refractivity contribution is -0.142. The fourth-order valence-electron chi connectivity index (χ4n) is 3.25. The van der Waals surface area contributed by atoms with Gasteiger partial charge in [-0.2, -0.15) is 5.10 Å². The molecule has 0 radical (unpaired) electrons.